The molecule has 1 saturated heterocycles. The number of halogens is 2. The van der Waals surface area contributed by atoms with Crippen molar-refractivity contribution in [3.63, 3.8) is 0 Å². The quantitative estimate of drug-likeness (QED) is 0.837. The number of rotatable bonds is 5. The number of nitrogens with one attached hydrogen (secondary N) is 2. The minimum absolute atomic E-state index is 0.123. The molecule has 0 aromatic heterocycles. The van der Waals surface area contributed by atoms with Crippen LogP contribution in [0.15, 0.2) is 36.4 Å². The predicted molar refractivity (Wildman–Crippen MR) is 101 cm³/mol. The molecule has 1 aliphatic rings. The first-order chi connectivity index (χ1) is 12.8. The van der Waals surface area contributed by atoms with E-state index >= 15 is 0 Å². The lowest BCUT2D eigenvalue weighted by atomic mass is 10.1. The number of carbonyl (C=O) groups is 2. The highest BCUT2D eigenvalue weighted by atomic mass is 19.2. The molecule has 2 aromatic rings. The van der Waals surface area contributed by atoms with E-state index in [9.17, 15) is 18.4 Å². The first-order valence-corrected chi connectivity index (χ1v) is 8.78. The van der Waals surface area contributed by atoms with Crippen LogP contribution in [0.4, 0.5) is 25.8 Å². The summed E-state index contributed by atoms with van der Waals surface area (Å²) in [7, 11) is 0. The number of hydrogen-bond donors (Lipinski definition) is 2. The molecule has 5 nitrogen and oxygen atoms in total. The van der Waals surface area contributed by atoms with E-state index in [4.69, 9.17) is 0 Å². The van der Waals surface area contributed by atoms with Crippen molar-refractivity contribution in [2.24, 2.45) is 0 Å². The minimum atomic E-state index is -1.02. The second kappa shape index (κ2) is 7.73. The van der Waals surface area contributed by atoms with Crippen LogP contribution in [-0.2, 0) is 9.59 Å². The lowest BCUT2D eigenvalue weighted by Crippen LogP contribution is -2.32. The number of hydrogen-bond acceptors (Lipinski definition) is 3. The van der Waals surface area contributed by atoms with E-state index < -0.39 is 17.7 Å². The van der Waals surface area contributed by atoms with E-state index in [1.165, 1.54) is 6.07 Å². The summed E-state index contributed by atoms with van der Waals surface area (Å²) in [5, 5.41) is 5.62. The number of benzene rings is 2. The first-order valence-electron chi connectivity index (χ1n) is 8.78. The second-order valence-corrected chi connectivity index (χ2v) is 6.63. The zero-order chi connectivity index (χ0) is 19.6. The predicted octanol–water partition coefficient (Wildman–Crippen LogP) is 3.84. The number of aryl methyl sites for hydroxylation is 1. The molecule has 0 aliphatic carbocycles. The van der Waals surface area contributed by atoms with Crippen molar-refractivity contribution in [3.8, 4) is 0 Å². The van der Waals surface area contributed by atoms with E-state index in [0.29, 0.717) is 6.42 Å². The van der Waals surface area contributed by atoms with Gasteiger partial charge >= 0.3 is 0 Å². The molecule has 0 spiro atoms. The van der Waals surface area contributed by atoms with Gasteiger partial charge < -0.3 is 15.5 Å². The summed E-state index contributed by atoms with van der Waals surface area (Å²) in [6.07, 6.45) is 1.43. The molecule has 0 radical (unpaired) electrons. The second-order valence-electron chi connectivity index (χ2n) is 6.63. The number of amides is 2. The van der Waals surface area contributed by atoms with Gasteiger partial charge in [-0.2, -0.15) is 0 Å². The summed E-state index contributed by atoms with van der Waals surface area (Å²) >= 11 is 0. The molecule has 0 bridgehead atoms. The first kappa shape index (κ1) is 18.8. The van der Waals surface area contributed by atoms with E-state index in [0.717, 1.165) is 42.0 Å². The summed E-state index contributed by atoms with van der Waals surface area (Å²) < 4.78 is 26.2. The summed E-state index contributed by atoms with van der Waals surface area (Å²) in [6.45, 7) is 4.31. The Morgan fingerprint density at radius 2 is 1.85 bits per heavy atom. The van der Waals surface area contributed by atoms with Gasteiger partial charge in [0.05, 0.1) is 0 Å². The van der Waals surface area contributed by atoms with Crippen molar-refractivity contribution in [1.82, 2.24) is 0 Å². The van der Waals surface area contributed by atoms with Gasteiger partial charge in [-0.05, 0) is 56.2 Å². The average molecular weight is 373 g/mol. The smallest absolute Gasteiger partial charge is 0.246 e. The largest absolute Gasteiger partial charge is 0.374 e. The van der Waals surface area contributed by atoms with Crippen LogP contribution in [0.1, 0.15) is 25.3 Å². The van der Waals surface area contributed by atoms with Crippen molar-refractivity contribution in [2.45, 2.75) is 32.7 Å². The standard InChI is InChI=1S/C20H21F2N3O2/c1-12-10-14(6-8-18(12)25-9-3-4-19(25)26)23-13(2)20(27)24-15-5-7-16(21)17(22)11-15/h5-8,10-11,13,23H,3-4,9H2,1-2H3,(H,24,27)/t13-/m1/s1. The lowest BCUT2D eigenvalue weighted by molar-refractivity contribution is -0.117. The fourth-order valence-corrected chi connectivity index (χ4v) is 3.09. The zero-order valence-corrected chi connectivity index (χ0v) is 15.2. The molecule has 142 valence electrons. The van der Waals surface area contributed by atoms with Crippen LogP contribution < -0.4 is 15.5 Å². The molecule has 1 fully saturated rings. The molecular weight excluding hydrogens is 352 g/mol. The molecule has 0 saturated carbocycles. The number of nitrogens with zero attached hydrogens (tertiary/aromatic N) is 1. The van der Waals surface area contributed by atoms with Crippen LogP contribution in [0, 0.1) is 18.6 Å². The van der Waals surface area contributed by atoms with Crippen LogP contribution in [-0.4, -0.2) is 24.4 Å². The molecule has 7 heteroatoms. The number of carbonyl (C=O) groups excluding carboxylic acids is 2. The van der Waals surface area contributed by atoms with Crippen molar-refractivity contribution >= 4 is 28.9 Å². The fourth-order valence-electron chi connectivity index (χ4n) is 3.09. The van der Waals surface area contributed by atoms with Gasteiger partial charge in [0.2, 0.25) is 11.8 Å². The van der Waals surface area contributed by atoms with Gasteiger partial charge in [0.25, 0.3) is 0 Å². The van der Waals surface area contributed by atoms with Crippen molar-refractivity contribution in [3.05, 3.63) is 53.6 Å². The Balaban J connectivity index is 1.65. The van der Waals surface area contributed by atoms with Crippen LogP contribution in [0.2, 0.25) is 0 Å². The third-order valence-electron chi connectivity index (χ3n) is 4.52. The Morgan fingerprint density at radius 1 is 1.11 bits per heavy atom. The van der Waals surface area contributed by atoms with Crippen molar-refractivity contribution < 1.29 is 18.4 Å². The molecule has 3 rings (SSSR count). The Hall–Kier alpha value is -2.96. The highest BCUT2D eigenvalue weighted by Gasteiger charge is 2.23. The maximum Gasteiger partial charge on any atom is 0.246 e. The Labute approximate surface area is 156 Å². The Morgan fingerprint density at radius 3 is 2.48 bits per heavy atom. The molecule has 0 unspecified atom stereocenters. The zero-order valence-electron chi connectivity index (χ0n) is 15.2. The summed E-state index contributed by atoms with van der Waals surface area (Å²) in [6, 6.07) is 8.15. The van der Waals surface area contributed by atoms with E-state index in [2.05, 4.69) is 10.6 Å². The maximum absolute atomic E-state index is 13.2. The van der Waals surface area contributed by atoms with E-state index in [1.54, 1.807) is 11.8 Å². The third kappa shape index (κ3) is 4.24. The molecule has 1 aliphatic heterocycles. The van der Waals surface area contributed by atoms with Crippen LogP contribution in [0.5, 0.6) is 0 Å². The molecule has 27 heavy (non-hydrogen) atoms. The van der Waals surface area contributed by atoms with Gasteiger partial charge in [-0.3, -0.25) is 9.59 Å². The number of anilines is 3. The molecule has 1 heterocycles. The van der Waals surface area contributed by atoms with Crippen LogP contribution >= 0.6 is 0 Å². The van der Waals surface area contributed by atoms with Gasteiger partial charge in [-0.25, -0.2) is 8.78 Å². The minimum Gasteiger partial charge on any atom is -0.374 e. The SMILES string of the molecule is Cc1cc(N[C@H](C)C(=O)Nc2ccc(F)c(F)c2)ccc1N1CCCC1=O. The summed E-state index contributed by atoms with van der Waals surface area (Å²) in [4.78, 5) is 26.0. The molecule has 2 N–H and O–H groups in total. The van der Waals surface area contributed by atoms with Crippen molar-refractivity contribution in [1.29, 1.82) is 0 Å². The summed E-state index contributed by atoms with van der Waals surface area (Å²) in [5.41, 5.74) is 2.73. The highest BCUT2D eigenvalue weighted by Crippen LogP contribution is 2.27. The maximum atomic E-state index is 13.2. The Kier molecular flexibility index (Phi) is 5.39. The molecule has 2 amide bonds. The van der Waals surface area contributed by atoms with Gasteiger partial charge in [-0.1, -0.05) is 0 Å². The van der Waals surface area contributed by atoms with Crippen molar-refractivity contribution in [2.75, 3.05) is 22.1 Å². The average Bonchev–Trinajstić information content (AvgIpc) is 3.04. The lowest BCUT2D eigenvalue weighted by Gasteiger charge is -2.20. The molecular formula is C20H21F2N3O2. The normalized spacial score (nSPS) is 15.0. The van der Waals surface area contributed by atoms with E-state index in [1.807, 2.05) is 25.1 Å². The molecule has 1 atom stereocenters. The monoisotopic (exact) mass is 373 g/mol. The fraction of sp³-hybridized carbons (Fsp3) is 0.300. The summed E-state index contributed by atoms with van der Waals surface area (Å²) in [5.74, 6) is -2.24. The van der Waals surface area contributed by atoms with Crippen LogP contribution in [0.3, 0.4) is 0 Å². The van der Waals surface area contributed by atoms with Gasteiger partial charge in [0, 0.05) is 36.1 Å². The van der Waals surface area contributed by atoms with Gasteiger partial charge in [-0.15, -0.1) is 0 Å². The topological polar surface area (TPSA) is 61.4 Å². The van der Waals surface area contributed by atoms with Crippen LogP contribution in [0.25, 0.3) is 0 Å². The molecule has 2 aromatic carbocycles. The Bertz CT molecular complexity index is 886. The van der Waals surface area contributed by atoms with Gasteiger partial charge in [0.1, 0.15) is 6.04 Å². The van der Waals surface area contributed by atoms with Gasteiger partial charge in [0.15, 0.2) is 11.6 Å². The third-order valence-corrected chi connectivity index (χ3v) is 4.52. The highest BCUT2D eigenvalue weighted by molar-refractivity contribution is 5.97. The van der Waals surface area contributed by atoms with E-state index in [-0.39, 0.29) is 17.5 Å².